The highest BCUT2D eigenvalue weighted by Gasteiger charge is 2.26. The van der Waals surface area contributed by atoms with Crippen LogP contribution in [0.1, 0.15) is 12.5 Å². The SMILES string of the molecule is COc1ccccc1OCC(=O)N1CCN(Cc2ccccc2)C(C)C1. The summed E-state index contributed by atoms with van der Waals surface area (Å²) in [6.07, 6.45) is 0. The summed E-state index contributed by atoms with van der Waals surface area (Å²) in [6, 6.07) is 18.1. The molecule has 1 atom stereocenters. The summed E-state index contributed by atoms with van der Waals surface area (Å²) >= 11 is 0. The van der Waals surface area contributed by atoms with Gasteiger partial charge in [-0.15, -0.1) is 0 Å². The van der Waals surface area contributed by atoms with E-state index in [1.807, 2.05) is 35.2 Å². The third kappa shape index (κ3) is 4.55. The normalized spacial score (nSPS) is 17.8. The Balaban J connectivity index is 1.51. The molecule has 1 heterocycles. The molecule has 1 amide bonds. The lowest BCUT2D eigenvalue weighted by atomic mass is 10.1. The van der Waals surface area contributed by atoms with Crippen molar-refractivity contribution in [3.8, 4) is 11.5 Å². The van der Waals surface area contributed by atoms with Crippen molar-refractivity contribution in [2.75, 3.05) is 33.4 Å². The van der Waals surface area contributed by atoms with E-state index < -0.39 is 0 Å². The number of amides is 1. The zero-order valence-corrected chi connectivity index (χ0v) is 15.4. The Kier molecular flexibility index (Phi) is 6.12. The van der Waals surface area contributed by atoms with Crippen LogP contribution in [0.4, 0.5) is 0 Å². The van der Waals surface area contributed by atoms with Gasteiger partial charge in [0.05, 0.1) is 7.11 Å². The van der Waals surface area contributed by atoms with E-state index in [1.165, 1.54) is 5.56 Å². The molecule has 2 aromatic carbocycles. The standard InChI is InChI=1S/C21H26N2O3/c1-17-14-23(13-12-22(17)15-18-8-4-3-5-9-18)21(24)16-26-20-11-7-6-10-19(20)25-2/h3-11,17H,12-16H2,1-2H3. The zero-order chi connectivity index (χ0) is 18.4. The predicted octanol–water partition coefficient (Wildman–Crippen LogP) is 2.81. The van der Waals surface area contributed by atoms with Gasteiger partial charge in [0.1, 0.15) is 0 Å². The number of hydrogen-bond acceptors (Lipinski definition) is 4. The monoisotopic (exact) mass is 354 g/mol. The molecular formula is C21H26N2O3. The molecule has 5 nitrogen and oxygen atoms in total. The summed E-state index contributed by atoms with van der Waals surface area (Å²) in [5, 5.41) is 0. The lowest BCUT2D eigenvalue weighted by molar-refractivity contribution is -0.136. The van der Waals surface area contributed by atoms with Gasteiger partial charge in [-0.1, -0.05) is 42.5 Å². The van der Waals surface area contributed by atoms with Gasteiger partial charge in [0.25, 0.3) is 5.91 Å². The predicted molar refractivity (Wildman–Crippen MR) is 101 cm³/mol. The van der Waals surface area contributed by atoms with Gasteiger partial charge in [0.15, 0.2) is 18.1 Å². The average Bonchev–Trinajstić information content (AvgIpc) is 2.68. The van der Waals surface area contributed by atoms with Crippen LogP contribution in [-0.4, -0.2) is 55.1 Å². The fraction of sp³-hybridized carbons (Fsp3) is 0.381. The summed E-state index contributed by atoms with van der Waals surface area (Å²) in [7, 11) is 1.59. The minimum Gasteiger partial charge on any atom is -0.493 e. The number of piperazine rings is 1. The Morgan fingerprint density at radius 2 is 1.73 bits per heavy atom. The van der Waals surface area contributed by atoms with Gasteiger partial charge in [0.2, 0.25) is 0 Å². The summed E-state index contributed by atoms with van der Waals surface area (Å²) in [5.74, 6) is 1.25. The number of carbonyl (C=O) groups is 1. The highest BCUT2D eigenvalue weighted by atomic mass is 16.5. The van der Waals surface area contributed by atoms with E-state index in [9.17, 15) is 4.79 Å². The zero-order valence-electron chi connectivity index (χ0n) is 15.4. The van der Waals surface area contributed by atoms with Crippen LogP contribution in [0, 0.1) is 0 Å². The number of ether oxygens (including phenoxy) is 2. The maximum Gasteiger partial charge on any atom is 0.260 e. The molecule has 0 aromatic heterocycles. The van der Waals surface area contributed by atoms with E-state index in [1.54, 1.807) is 7.11 Å². The van der Waals surface area contributed by atoms with Crippen molar-refractivity contribution in [1.29, 1.82) is 0 Å². The van der Waals surface area contributed by atoms with Gasteiger partial charge < -0.3 is 14.4 Å². The lowest BCUT2D eigenvalue weighted by Crippen LogP contribution is -2.54. The molecule has 26 heavy (non-hydrogen) atoms. The second-order valence-corrected chi connectivity index (χ2v) is 6.58. The smallest absolute Gasteiger partial charge is 0.260 e. The molecule has 0 spiro atoms. The van der Waals surface area contributed by atoms with Crippen molar-refractivity contribution in [3.63, 3.8) is 0 Å². The highest BCUT2D eigenvalue weighted by Crippen LogP contribution is 2.25. The van der Waals surface area contributed by atoms with Crippen molar-refractivity contribution in [2.24, 2.45) is 0 Å². The van der Waals surface area contributed by atoms with E-state index in [-0.39, 0.29) is 12.5 Å². The molecule has 3 rings (SSSR count). The fourth-order valence-corrected chi connectivity index (χ4v) is 3.24. The number of carbonyl (C=O) groups excluding carboxylic acids is 1. The van der Waals surface area contributed by atoms with Gasteiger partial charge in [-0.05, 0) is 24.6 Å². The van der Waals surface area contributed by atoms with Crippen LogP contribution >= 0.6 is 0 Å². The fourth-order valence-electron chi connectivity index (χ4n) is 3.24. The molecule has 0 N–H and O–H groups in total. The van der Waals surface area contributed by atoms with Gasteiger partial charge in [-0.25, -0.2) is 0 Å². The Bertz CT molecular complexity index is 720. The third-order valence-corrected chi connectivity index (χ3v) is 4.77. The lowest BCUT2D eigenvalue weighted by Gasteiger charge is -2.39. The molecule has 1 aliphatic rings. The van der Waals surface area contributed by atoms with Crippen molar-refractivity contribution in [3.05, 3.63) is 60.2 Å². The summed E-state index contributed by atoms with van der Waals surface area (Å²) < 4.78 is 10.9. The molecular weight excluding hydrogens is 328 g/mol. The Labute approximate surface area is 155 Å². The van der Waals surface area contributed by atoms with Crippen molar-refractivity contribution in [2.45, 2.75) is 19.5 Å². The van der Waals surface area contributed by atoms with Gasteiger partial charge in [0, 0.05) is 32.2 Å². The number of rotatable bonds is 6. The number of methoxy groups -OCH3 is 1. The molecule has 0 aliphatic carbocycles. The topological polar surface area (TPSA) is 42.0 Å². The maximum absolute atomic E-state index is 12.5. The van der Waals surface area contributed by atoms with Crippen LogP contribution < -0.4 is 9.47 Å². The van der Waals surface area contributed by atoms with Gasteiger partial charge >= 0.3 is 0 Å². The Hall–Kier alpha value is -2.53. The number of nitrogens with zero attached hydrogens (tertiary/aromatic N) is 2. The molecule has 0 radical (unpaired) electrons. The third-order valence-electron chi connectivity index (χ3n) is 4.77. The summed E-state index contributed by atoms with van der Waals surface area (Å²) in [5.41, 5.74) is 1.30. The van der Waals surface area contributed by atoms with Crippen LogP contribution in [0.25, 0.3) is 0 Å². The first-order valence-corrected chi connectivity index (χ1v) is 8.99. The molecule has 138 valence electrons. The van der Waals surface area contributed by atoms with Crippen LogP contribution in [0.3, 0.4) is 0 Å². The minimum absolute atomic E-state index is 0.0158. The minimum atomic E-state index is 0.0158. The van der Waals surface area contributed by atoms with Gasteiger partial charge in [-0.2, -0.15) is 0 Å². The molecule has 1 aliphatic heterocycles. The quantitative estimate of drug-likeness (QED) is 0.800. The second-order valence-electron chi connectivity index (χ2n) is 6.58. The molecule has 1 unspecified atom stereocenters. The van der Waals surface area contributed by atoms with Crippen LogP contribution in [-0.2, 0) is 11.3 Å². The van der Waals surface area contributed by atoms with Crippen molar-refractivity contribution < 1.29 is 14.3 Å². The first kappa shape index (κ1) is 18.3. The van der Waals surface area contributed by atoms with E-state index >= 15 is 0 Å². The van der Waals surface area contributed by atoms with Crippen molar-refractivity contribution >= 4 is 5.91 Å². The number of para-hydroxylation sites is 2. The van der Waals surface area contributed by atoms with Crippen LogP contribution in [0.15, 0.2) is 54.6 Å². The largest absolute Gasteiger partial charge is 0.493 e. The summed E-state index contributed by atoms with van der Waals surface area (Å²) in [4.78, 5) is 16.8. The van der Waals surface area contributed by atoms with E-state index in [4.69, 9.17) is 9.47 Å². The highest BCUT2D eigenvalue weighted by molar-refractivity contribution is 5.78. The molecule has 5 heteroatoms. The second kappa shape index (κ2) is 8.72. The average molecular weight is 354 g/mol. The van der Waals surface area contributed by atoms with Crippen LogP contribution in [0.5, 0.6) is 11.5 Å². The van der Waals surface area contributed by atoms with Crippen LogP contribution in [0.2, 0.25) is 0 Å². The molecule has 1 fully saturated rings. The first-order valence-electron chi connectivity index (χ1n) is 8.99. The van der Waals surface area contributed by atoms with E-state index in [2.05, 4.69) is 36.1 Å². The maximum atomic E-state index is 12.5. The van der Waals surface area contributed by atoms with Gasteiger partial charge in [-0.3, -0.25) is 9.69 Å². The Morgan fingerprint density at radius 3 is 2.42 bits per heavy atom. The molecule has 0 bridgehead atoms. The van der Waals surface area contributed by atoms with Crippen molar-refractivity contribution in [1.82, 2.24) is 9.80 Å². The molecule has 0 saturated carbocycles. The number of benzene rings is 2. The van der Waals surface area contributed by atoms with E-state index in [0.717, 1.165) is 26.2 Å². The summed E-state index contributed by atoms with van der Waals surface area (Å²) in [6.45, 7) is 5.44. The van der Waals surface area contributed by atoms with E-state index in [0.29, 0.717) is 17.5 Å². The number of hydrogen-bond donors (Lipinski definition) is 0. The molecule has 1 saturated heterocycles. The Morgan fingerprint density at radius 1 is 1.04 bits per heavy atom. The molecule has 2 aromatic rings. The first-order chi connectivity index (χ1) is 12.7.